The Hall–Kier alpha value is -3.59. The minimum absolute atomic E-state index is 0.0939. The summed E-state index contributed by atoms with van der Waals surface area (Å²) in [6.45, 7) is 2.00. The van der Waals surface area contributed by atoms with Gasteiger partial charge in [0.15, 0.2) is 0 Å². The highest BCUT2D eigenvalue weighted by molar-refractivity contribution is 6.31. The highest BCUT2D eigenvalue weighted by atomic mass is 35.5. The van der Waals surface area contributed by atoms with E-state index in [9.17, 15) is 4.79 Å². The SMILES string of the molecule is CCc1ccc(-c2nnn(CC(=O)Nc3cc(Cl)ccc3-n3cncn3)n2)cc1. The second-order valence-electron chi connectivity index (χ2n) is 6.24. The number of hydrogen-bond donors (Lipinski definition) is 1. The van der Waals surface area contributed by atoms with Crippen LogP contribution in [0.2, 0.25) is 5.02 Å². The first kappa shape index (κ1) is 18.8. The third-order valence-corrected chi connectivity index (χ3v) is 4.49. The van der Waals surface area contributed by atoms with Crippen LogP contribution in [0.15, 0.2) is 55.1 Å². The smallest absolute Gasteiger partial charge is 0.248 e. The van der Waals surface area contributed by atoms with Gasteiger partial charge in [0.1, 0.15) is 19.2 Å². The van der Waals surface area contributed by atoms with Gasteiger partial charge in [0.2, 0.25) is 11.7 Å². The van der Waals surface area contributed by atoms with E-state index in [1.165, 1.54) is 27.7 Å². The van der Waals surface area contributed by atoms with E-state index in [1.807, 2.05) is 24.3 Å². The highest BCUT2D eigenvalue weighted by Crippen LogP contribution is 2.24. The second kappa shape index (κ2) is 8.19. The summed E-state index contributed by atoms with van der Waals surface area (Å²) >= 11 is 6.08. The van der Waals surface area contributed by atoms with E-state index >= 15 is 0 Å². The lowest BCUT2D eigenvalue weighted by molar-refractivity contribution is -0.117. The molecule has 1 N–H and O–H groups in total. The Labute approximate surface area is 171 Å². The van der Waals surface area contributed by atoms with E-state index in [0.29, 0.717) is 22.2 Å². The summed E-state index contributed by atoms with van der Waals surface area (Å²) in [7, 11) is 0. The van der Waals surface area contributed by atoms with Crippen molar-refractivity contribution >= 4 is 23.2 Å². The molecule has 9 nitrogen and oxygen atoms in total. The average molecular weight is 409 g/mol. The van der Waals surface area contributed by atoms with E-state index in [4.69, 9.17) is 11.6 Å². The summed E-state index contributed by atoms with van der Waals surface area (Å²) in [4.78, 5) is 17.7. The van der Waals surface area contributed by atoms with E-state index < -0.39 is 0 Å². The summed E-state index contributed by atoms with van der Waals surface area (Å²) in [5, 5.41) is 19.7. The number of nitrogens with one attached hydrogen (secondary N) is 1. The lowest BCUT2D eigenvalue weighted by Gasteiger charge is -2.11. The van der Waals surface area contributed by atoms with Gasteiger partial charge in [-0.1, -0.05) is 42.8 Å². The van der Waals surface area contributed by atoms with Crippen LogP contribution in [0.25, 0.3) is 17.1 Å². The van der Waals surface area contributed by atoms with Gasteiger partial charge in [0, 0.05) is 10.6 Å². The summed E-state index contributed by atoms with van der Waals surface area (Å²) < 4.78 is 1.54. The predicted octanol–water partition coefficient (Wildman–Crippen LogP) is 2.78. The number of rotatable bonds is 6. The average Bonchev–Trinajstić information content (AvgIpc) is 3.40. The fourth-order valence-corrected chi connectivity index (χ4v) is 2.95. The van der Waals surface area contributed by atoms with Gasteiger partial charge in [0.05, 0.1) is 11.4 Å². The number of aromatic nitrogens is 7. The number of nitrogens with zero attached hydrogens (tertiary/aromatic N) is 7. The first-order chi connectivity index (χ1) is 14.1. The van der Waals surface area contributed by atoms with Crippen LogP contribution in [-0.2, 0) is 17.8 Å². The van der Waals surface area contributed by atoms with Gasteiger partial charge in [-0.2, -0.15) is 9.90 Å². The molecule has 10 heteroatoms. The molecule has 146 valence electrons. The molecule has 2 aromatic heterocycles. The number of aryl methyl sites for hydroxylation is 1. The molecule has 0 atom stereocenters. The molecule has 0 aliphatic rings. The molecule has 0 fully saturated rings. The summed E-state index contributed by atoms with van der Waals surface area (Å²) in [5.74, 6) is 0.144. The number of carbonyl (C=O) groups excluding carboxylic acids is 1. The number of carbonyl (C=O) groups is 1. The van der Waals surface area contributed by atoms with Crippen molar-refractivity contribution in [3.05, 3.63) is 65.7 Å². The van der Waals surface area contributed by atoms with E-state index in [2.05, 4.69) is 37.7 Å². The lowest BCUT2D eigenvalue weighted by Crippen LogP contribution is -2.21. The third-order valence-electron chi connectivity index (χ3n) is 4.26. The fourth-order valence-electron chi connectivity index (χ4n) is 2.77. The fraction of sp³-hybridized carbons (Fsp3) is 0.158. The molecule has 2 aromatic carbocycles. The second-order valence-corrected chi connectivity index (χ2v) is 6.68. The minimum Gasteiger partial charge on any atom is -0.322 e. The largest absolute Gasteiger partial charge is 0.322 e. The molecular weight excluding hydrogens is 392 g/mol. The molecule has 29 heavy (non-hydrogen) atoms. The maximum atomic E-state index is 12.5. The summed E-state index contributed by atoms with van der Waals surface area (Å²) in [5.41, 5.74) is 3.22. The molecule has 0 radical (unpaired) electrons. The Kier molecular flexibility index (Phi) is 5.30. The van der Waals surface area contributed by atoms with Crippen molar-refractivity contribution in [1.29, 1.82) is 0 Å². The van der Waals surface area contributed by atoms with Crippen LogP contribution >= 0.6 is 11.6 Å². The van der Waals surface area contributed by atoms with Gasteiger partial charge in [-0.15, -0.1) is 10.2 Å². The van der Waals surface area contributed by atoms with E-state index in [0.717, 1.165) is 12.0 Å². The van der Waals surface area contributed by atoms with E-state index in [-0.39, 0.29) is 12.5 Å². The molecule has 4 rings (SSSR count). The number of amides is 1. The zero-order chi connectivity index (χ0) is 20.2. The maximum absolute atomic E-state index is 12.5. The van der Waals surface area contributed by atoms with Crippen molar-refractivity contribution in [2.45, 2.75) is 19.9 Å². The number of hydrogen-bond acceptors (Lipinski definition) is 6. The topological polar surface area (TPSA) is 103 Å². The van der Waals surface area contributed by atoms with Crippen molar-refractivity contribution in [2.24, 2.45) is 0 Å². The number of benzene rings is 2. The number of tetrazole rings is 1. The first-order valence-corrected chi connectivity index (χ1v) is 9.31. The van der Waals surface area contributed by atoms with Crippen molar-refractivity contribution in [3.63, 3.8) is 0 Å². The number of halogens is 1. The van der Waals surface area contributed by atoms with Crippen molar-refractivity contribution in [3.8, 4) is 17.1 Å². The molecule has 0 unspecified atom stereocenters. The van der Waals surface area contributed by atoms with Gasteiger partial charge >= 0.3 is 0 Å². The van der Waals surface area contributed by atoms with Gasteiger partial charge in [-0.25, -0.2) is 9.67 Å². The zero-order valence-corrected chi connectivity index (χ0v) is 16.3. The van der Waals surface area contributed by atoms with Crippen LogP contribution < -0.4 is 5.32 Å². The molecule has 0 saturated heterocycles. The van der Waals surface area contributed by atoms with Crippen molar-refractivity contribution in [2.75, 3.05) is 5.32 Å². The quantitative estimate of drug-likeness (QED) is 0.526. The first-order valence-electron chi connectivity index (χ1n) is 8.94. The molecule has 1 amide bonds. The summed E-state index contributed by atoms with van der Waals surface area (Å²) in [6.07, 6.45) is 3.91. The van der Waals surface area contributed by atoms with Crippen LogP contribution in [0.3, 0.4) is 0 Å². The van der Waals surface area contributed by atoms with Gasteiger partial charge in [-0.05, 0) is 35.4 Å². The Morgan fingerprint density at radius 3 is 2.72 bits per heavy atom. The molecule has 0 aliphatic carbocycles. The summed E-state index contributed by atoms with van der Waals surface area (Å²) in [6, 6.07) is 13.0. The maximum Gasteiger partial charge on any atom is 0.248 e. The molecule has 0 spiro atoms. The Morgan fingerprint density at radius 1 is 1.17 bits per heavy atom. The Balaban J connectivity index is 1.48. The minimum atomic E-state index is -0.320. The van der Waals surface area contributed by atoms with Crippen LogP contribution in [0.4, 0.5) is 5.69 Å². The predicted molar refractivity (Wildman–Crippen MR) is 108 cm³/mol. The van der Waals surface area contributed by atoms with Gasteiger partial charge in [0.25, 0.3) is 0 Å². The van der Waals surface area contributed by atoms with Crippen molar-refractivity contribution in [1.82, 2.24) is 35.0 Å². The Morgan fingerprint density at radius 2 is 2.00 bits per heavy atom. The molecule has 0 bridgehead atoms. The molecule has 0 aliphatic heterocycles. The van der Waals surface area contributed by atoms with Crippen LogP contribution in [0, 0.1) is 0 Å². The molecular formula is C19H17ClN8O. The third kappa shape index (κ3) is 4.30. The van der Waals surface area contributed by atoms with Crippen LogP contribution in [0.5, 0.6) is 0 Å². The number of anilines is 1. The normalized spacial score (nSPS) is 10.8. The lowest BCUT2D eigenvalue weighted by atomic mass is 10.1. The van der Waals surface area contributed by atoms with Crippen LogP contribution in [0.1, 0.15) is 12.5 Å². The zero-order valence-electron chi connectivity index (χ0n) is 15.5. The molecule has 2 heterocycles. The molecule has 4 aromatic rings. The van der Waals surface area contributed by atoms with E-state index in [1.54, 1.807) is 18.2 Å². The van der Waals surface area contributed by atoms with Crippen molar-refractivity contribution < 1.29 is 4.79 Å². The standard InChI is InChI=1S/C19H17ClN8O/c1-2-13-3-5-14(6-4-13)19-24-26-28(25-19)10-18(29)23-16-9-15(20)7-8-17(16)27-12-21-11-22-27/h3-9,11-12H,2,10H2,1H3,(H,23,29). The molecule has 0 saturated carbocycles. The monoisotopic (exact) mass is 408 g/mol. The van der Waals surface area contributed by atoms with Gasteiger partial charge < -0.3 is 5.32 Å². The highest BCUT2D eigenvalue weighted by Gasteiger charge is 2.13. The van der Waals surface area contributed by atoms with Gasteiger partial charge in [-0.3, -0.25) is 4.79 Å². The Bertz CT molecular complexity index is 1120. The van der Waals surface area contributed by atoms with Crippen LogP contribution in [-0.4, -0.2) is 40.9 Å².